The molecule has 28 heavy (non-hydrogen) atoms. The molecule has 0 atom stereocenters. The Bertz CT molecular complexity index is 1130. The van der Waals surface area contributed by atoms with E-state index in [1.807, 2.05) is 0 Å². The Hall–Kier alpha value is -3.14. The highest BCUT2D eigenvalue weighted by Crippen LogP contribution is 2.43. The van der Waals surface area contributed by atoms with Gasteiger partial charge in [-0.25, -0.2) is 0 Å². The van der Waals surface area contributed by atoms with Gasteiger partial charge in [0.25, 0.3) is 11.5 Å². The number of ether oxygens (including phenoxy) is 1. The molecule has 2 heterocycles. The number of aromatic nitrogens is 1. The second kappa shape index (κ2) is 7.12. The zero-order chi connectivity index (χ0) is 20.6. The summed E-state index contributed by atoms with van der Waals surface area (Å²) >= 11 is 0.667. The molecular weight excluding hydrogens is 397 g/mol. The van der Waals surface area contributed by atoms with E-state index in [4.69, 9.17) is 4.74 Å². The van der Waals surface area contributed by atoms with Crippen LogP contribution >= 0.6 is 11.3 Å². The number of hydrogen-bond donors (Lipinski definition) is 1. The van der Waals surface area contributed by atoms with Gasteiger partial charge in [0.2, 0.25) is 0 Å². The van der Waals surface area contributed by atoms with Crippen molar-refractivity contribution in [2.24, 2.45) is 7.05 Å². The molecule has 146 valence electrons. The zero-order valence-corrected chi connectivity index (χ0v) is 15.4. The molecule has 0 saturated carbocycles. The number of esters is 1. The van der Waals surface area contributed by atoms with E-state index in [-0.39, 0.29) is 4.83 Å². The maximum Gasteiger partial charge on any atom is 0.418 e. The van der Waals surface area contributed by atoms with Crippen molar-refractivity contribution in [3.05, 3.63) is 57.2 Å². The van der Waals surface area contributed by atoms with E-state index in [1.54, 1.807) is 18.2 Å². The van der Waals surface area contributed by atoms with Gasteiger partial charge in [0, 0.05) is 25.0 Å². The van der Waals surface area contributed by atoms with Crippen LogP contribution in [0.1, 0.15) is 22.8 Å². The molecule has 0 saturated heterocycles. The molecule has 1 aromatic carbocycles. The molecule has 0 aliphatic heterocycles. The number of thiophene rings is 1. The number of carbonyl (C=O) groups excluding carboxylic acids is 2. The molecule has 2 aromatic heterocycles. The lowest BCUT2D eigenvalue weighted by Crippen LogP contribution is -2.29. The molecule has 0 aliphatic carbocycles. The van der Waals surface area contributed by atoms with E-state index in [1.165, 1.54) is 19.2 Å². The predicted molar refractivity (Wildman–Crippen MR) is 97.8 cm³/mol. The number of amides is 1. The third-order valence-corrected chi connectivity index (χ3v) is 4.91. The third-order valence-electron chi connectivity index (χ3n) is 3.86. The number of nitrogens with one attached hydrogen (secondary N) is 1. The molecule has 10 heteroatoms. The molecule has 0 aliphatic rings. The summed E-state index contributed by atoms with van der Waals surface area (Å²) in [6, 6.07) is 8.04. The number of carbonyl (C=O) groups is 2. The lowest BCUT2D eigenvalue weighted by atomic mass is 10.1. The molecule has 6 nitrogen and oxygen atoms in total. The summed E-state index contributed by atoms with van der Waals surface area (Å²) in [6.45, 7) is 0.974. The third kappa shape index (κ3) is 3.50. The summed E-state index contributed by atoms with van der Waals surface area (Å²) in [4.78, 5) is 36.9. The van der Waals surface area contributed by atoms with Crippen molar-refractivity contribution >= 4 is 39.1 Å². The first-order valence-electron chi connectivity index (χ1n) is 7.87. The van der Waals surface area contributed by atoms with Gasteiger partial charge in [-0.15, -0.1) is 11.3 Å². The predicted octanol–water partition coefficient (Wildman–Crippen LogP) is 3.80. The lowest BCUT2D eigenvalue weighted by molar-refractivity contribution is -0.137. The van der Waals surface area contributed by atoms with Crippen LogP contribution in [0.5, 0.6) is 5.75 Å². The highest BCUT2D eigenvalue weighted by molar-refractivity contribution is 7.17. The normalized spacial score (nSPS) is 11.5. The van der Waals surface area contributed by atoms with Gasteiger partial charge in [-0.2, -0.15) is 13.2 Å². The molecule has 1 amide bonds. The number of anilines is 1. The van der Waals surface area contributed by atoms with E-state index < -0.39 is 45.9 Å². The first-order chi connectivity index (χ1) is 13.1. The number of para-hydroxylation sites is 1. The SMILES string of the molecule is CC(=O)Oc1c(C(=O)Nc2ccccc2)c(=O)n(C)c2scc(C(F)(F)F)c12. The number of benzene rings is 1. The van der Waals surface area contributed by atoms with Gasteiger partial charge in [0.05, 0.1) is 10.9 Å². The first-order valence-corrected chi connectivity index (χ1v) is 8.75. The Labute approximate surface area is 160 Å². The van der Waals surface area contributed by atoms with Crippen LogP contribution in [0.15, 0.2) is 40.5 Å². The average molecular weight is 410 g/mol. The van der Waals surface area contributed by atoms with Crippen molar-refractivity contribution < 1.29 is 27.5 Å². The molecule has 0 fully saturated rings. The van der Waals surface area contributed by atoms with E-state index in [9.17, 15) is 27.6 Å². The van der Waals surface area contributed by atoms with Crippen molar-refractivity contribution in [2.45, 2.75) is 13.1 Å². The standard InChI is InChI=1S/C18H13F3N2O4S/c1-9(24)27-14-12-11(18(19,20)21)8-28-17(12)23(2)16(26)13(14)15(25)22-10-6-4-3-5-7-10/h3-8H,1-2H3,(H,22,25). The average Bonchev–Trinajstić information content (AvgIpc) is 3.05. The molecule has 0 bridgehead atoms. The Morgan fingerprint density at radius 3 is 2.39 bits per heavy atom. The smallest absolute Gasteiger partial charge is 0.418 e. The van der Waals surface area contributed by atoms with Crippen LogP contribution in [-0.4, -0.2) is 16.4 Å². The van der Waals surface area contributed by atoms with Crippen LogP contribution in [0, 0.1) is 0 Å². The lowest BCUT2D eigenvalue weighted by Gasteiger charge is -2.14. The maximum absolute atomic E-state index is 13.5. The minimum atomic E-state index is -4.77. The molecular formula is C18H13F3N2O4S. The molecule has 3 aromatic rings. The number of fused-ring (bicyclic) bond motifs is 1. The summed E-state index contributed by atoms with van der Waals surface area (Å²) < 4.78 is 46.3. The zero-order valence-electron chi connectivity index (χ0n) is 14.6. The van der Waals surface area contributed by atoms with Gasteiger partial charge >= 0.3 is 12.1 Å². The Morgan fingerprint density at radius 1 is 1.18 bits per heavy atom. The van der Waals surface area contributed by atoms with Crippen LogP contribution in [0.2, 0.25) is 0 Å². The minimum absolute atomic E-state index is 0.0650. The Morgan fingerprint density at radius 2 is 1.82 bits per heavy atom. The van der Waals surface area contributed by atoms with E-state index in [0.717, 1.165) is 16.9 Å². The van der Waals surface area contributed by atoms with E-state index in [0.29, 0.717) is 17.0 Å². The second-order valence-electron chi connectivity index (χ2n) is 5.81. The van der Waals surface area contributed by atoms with Gasteiger partial charge in [-0.1, -0.05) is 18.2 Å². The summed E-state index contributed by atoms with van der Waals surface area (Å²) in [5.41, 5.74) is -2.33. The first kappa shape index (κ1) is 19.6. The molecule has 0 spiro atoms. The van der Waals surface area contributed by atoms with Crippen LogP contribution in [-0.2, 0) is 18.0 Å². The fraction of sp³-hybridized carbons (Fsp3) is 0.167. The van der Waals surface area contributed by atoms with Gasteiger partial charge in [-0.3, -0.25) is 14.4 Å². The van der Waals surface area contributed by atoms with Gasteiger partial charge in [0.15, 0.2) is 5.75 Å². The van der Waals surface area contributed by atoms with E-state index >= 15 is 0 Å². The van der Waals surface area contributed by atoms with Crippen molar-refractivity contribution in [2.75, 3.05) is 5.32 Å². The minimum Gasteiger partial charge on any atom is -0.425 e. The van der Waals surface area contributed by atoms with Crippen LogP contribution < -0.4 is 15.6 Å². The number of hydrogen-bond acceptors (Lipinski definition) is 5. The second-order valence-corrected chi connectivity index (χ2v) is 6.67. The van der Waals surface area contributed by atoms with Crippen LogP contribution in [0.3, 0.4) is 0 Å². The summed E-state index contributed by atoms with van der Waals surface area (Å²) in [6.07, 6.45) is -4.77. The van der Waals surface area contributed by atoms with Crippen molar-refractivity contribution in [1.82, 2.24) is 4.57 Å². The fourth-order valence-electron chi connectivity index (χ4n) is 2.67. The Balaban J connectivity index is 2.31. The van der Waals surface area contributed by atoms with Crippen molar-refractivity contribution in [1.29, 1.82) is 0 Å². The number of rotatable bonds is 3. The number of aryl methyl sites for hydroxylation is 1. The summed E-state index contributed by atoms with van der Waals surface area (Å²) in [5.74, 6) is -2.64. The summed E-state index contributed by atoms with van der Waals surface area (Å²) in [5, 5.41) is 2.74. The fourth-order valence-corrected chi connectivity index (χ4v) is 3.71. The largest absolute Gasteiger partial charge is 0.425 e. The van der Waals surface area contributed by atoms with Crippen LogP contribution in [0.25, 0.3) is 10.2 Å². The molecule has 1 N–H and O–H groups in total. The van der Waals surface area contributed by atoms with Crippen LogP contribution in [0.4, 0.5) is 18.9 Å². The van der Waals surface area contributed by atoms with Gasteiger partial charge in [-0.05, 0) is 12.1 Å². The number of halogens is 3. The topological polar surface area (TPSA) is 77.4 Å². The monoisotopic (exact) mass is 410 g/mol. The molecule has 3 rings (SSSR count). The maximum atomic E-state index is 13.5. The van der Waals surface area contributed by atoms with Gasteiger partial charge in [0.1, 0.15) is 10.4 Å². The summed E-state index contributed by atoms with van der Waals surface area (Å²) in [7, 11) is 1.25. The van der Waals surface area contributed by atoms with Gasteiger partial charge < -0.3 is 14.6 Å². The molecule has 0 radical (unpaired) electrons. The van der Waals surface area contributed by atoms with Crippen molar-refractivity contribution in [3.8, 4) is 5.75 Å². The number of pyridine rings is 1. The number of alkyl halides is 3. The quantitative estimate of drug-likeness (QED) is 0.667. The highest BCUT2D eigenvalue weighted by atomic mass is 32.1. The Kier molecular flexibility index (Phi) is 4.99. The van der Waals surface area contributed by atoms with Crippen molar-refractivity contribution in [3.63, 3.8) is 0 Å². The molecule has 0 unspecified atom stereocenters. The highest BCUT2D eigenvalue weighted by Gasteiger charge is 2.38. The number of nitrogens with zero attached hydrogens (tertiary/aromatic N) is 1. The van der Waals surface area contributed by atoms with E-state index in [2.05, 4.69) is 5.32 Å².